The second-order valence-corrected chi connectivity index (χ2v) is 13.6. The van der Waals surface area contributed by atoms with Crippen molar-refractivity contribution >= 4 is 35.1 Å². The van der Waals surface area contributed by atoms with Gasteiger partial charge in [0.1, 0.15) is 5.75 Å². The third kappa shape index (κ3) is 7.73. The lowest BCUT2D eigenvalue weighted by Crippen LogP contribution is -2.43. The molecule has 0 bridgehead atoms. The van der Waals surface area contributed by atoms with Crippen LogP contribution in [-0.4, -0.2) is 83.2 Å². The summed E-state index contributed by atoms with van der Waals surface area (Å²) in [6.45, 7) is 5.56. The van der Waals surface area contributed by atoms with E-state index in [1.807, 2.05) is 59.5 Å². The number of hydrogen-bond acceptors (Lipinski definition) is 8. The van der Waals surface area contributed by atoms with Crippen molar-refractivity contribution in [1.82, 2.24) is 25.1 Å². The highest BCUT2D eigenvalue weighted by atomic mass is 35.5. The number of nitrogens with zero attached hydrogens (tertiary/aromatic N) is 4. The Morgan fingerprint density at radius 3 is 2.36 bits per heavy atom. The van der Waals surface area contributed by atoms with Crippen LogP contribution in [-0.2, 0) is 22.7 Å². The number of carbonyl (C=O) groups is 2. The molecule has 2 aromatic heterocycles. The van der Waals surface area contributed by atoms with Gasteiger partial charge in [0.2, 0.25) is 11.8 Å². The van der Waals surface area contributed by atoms with Crippen molar-refractivity contribution in [3.05, 3.63) is 82.0 Å². The zero-order chi connectivity index (χ0) is 35.4. The van der Waals surface area contributed by atoms with Crippen molar-refractivity contribution in [1.29, 1.82) is 0 Å². The van der Waals surface area contributed by atoms with E-state index in [4.69, 9.17) is 37.7 Å². The van der Waals surface area contributed by atoms with Gasteiger partial charge in [0.05, 0.1) is 41.6 Å². The highest BCUT2D eigenvalue weighted by molar-refractivity contribution is 6.39. The first-order valence-electron chi connectivity index (χ1n) is 16.8. The Kier molecular flexibility index (Phi) is 11.2. The molecule has 12 heteroatoms. The summed E-state index contributed by atoms with van der Waals surface area (Å²) in [5, 5.41) is 14.0. The number of halogens is 2. The van der Waals surface area contributed by atoms with Crippen molar-refractivity contribution < 1.29 is 24.2 Å². The lowest BCUT2D eigenvalue weighted by Gasteiger charge is -2.32. The number of aromatic nitrogens is 2. The second-order valence-electron chi connectivity index (χ2n) is 12.8. The molecular weight excluding hydrogens is 677 g/mol. The number of rotatable bonds is 11. The van der Waals surface area contributed by atoms with Crippen LogP contribution < -0.4 is 14.8 Å². The molecule has 0 unspecified atom stereocenters. The molecule has 10 nitrogen and oxygen atoms in total. The second kappa shape index (κ2) is 15.8. The van der Waals surface area contributed by atoms with E-state index in [0.29, 0.717) is 66.0 Å². The molecule has 50 heavy (non-hydrogen) atoms. The Balaban J connectivity index is 1.21. The Bertz CT molecular complexity index is 1880. The monoisotopic (exact) mass is 717 g/mol. The van der Waals surface area contributed by atoms with Gasteiger partial charge in [-0.05, 0) is 44.0 Å². The quantitative estimate of drug-likeness (QED) is 0.173. The first-order chi connectivity index (χ1) is 24.2. The van der Waals surface area contributed by atoms with Gasteiger partial charge >= 0.3 is 5.97 Å². The van der Waals surface area contributed by atoms with Gasteiger partial charge in [-0.3, -0.25) is 19.5 Å². The standard InChI is InChI=1S/C38H41Cl2N5O5/c1-23(46)45-17-13-28(14-18-45)42-20-25-8-7-24(19-33(25)49-2)36-35(40)30(11-15-41-36)29-5-4-6-31(34(29)39)32-10-9-26(37(43-32)50-3)21-44-16-12-27(22-44)38(47)48/h4-11,15,19,27-28,42H,12-14,16-18,20-22H2,1-3H3,(H,47,48)/t27-/m1/s1. The highest BCUT2D eigenvalue weighted by Gasteiger charge is 2.29. The maximum absolute atomic E-state index is 11.7. The van der Waals surface area contributed by atoms with E-state index in [0.717, 1.165) is 65.1 Å². The highest BCUT2D eigenvalue weighted by Crippen LogP contribution is 2.42. The van der Waals surface area contributed by atoms with E-state index in [2.05, 4.69) is 15.2 Å². The first-order valence-corrected chi connectivity index (χ1v) is 17.5. The number of amides is 1. The van der Waals surface area contributed by atoms with E-state index in [9.17, 15) is 14.7 Å². The molecule has 2 N–H and O–H groups in total. The van der Waals surface area contributed by atoms with Crippen molar-refractivity contribution in [2.75, 3.05) is 40.4 Å². The normalized spacial score (nSPS) is 16.8. The zero-order valence-corrected chi connectivity index (χ0v) is 29.9. The molecule has 2 aliphatic heterocycles. The predicted molar refractivity (Wildman–Crippen MR) is 195 cm³/mol. The summed E-state index contributed by atoms with van der Waals surface area (Å²) in [6, 6.07) is 17.8. The maximum Gasteiger partial charge on any atom is 0.307 e. The van der Waals surface area contributed by atoms with Crippen LogP contribution in [0.25, 0.3) is 33.6 Å². The Labute approximate surface area is 302 Å². The summed E-state index contributed by atoms with van der Waals surface area (Å²) >= 11 is 14.2. The summed E-state index contributed by atoms with van der Waals surface area (Å²) in [4.78, 5) is 36.5. The smallest absolute Gasteiger partial charge is 0.307 e. The molecule has 0 radical (unpaired) electrons. The van der Waals surface area contributed by atoms with Crippen LogP contribution in [0.4, 0.5) is 0 Å². The average molecular weight is 719 g/mol. The minimum absolute atomic E-state index is 0.128. The van der Waals surface area contributed by atoms with Crippen LogP contribution in [0.3, 0.4) is 0 Å². The Morgan fingerprint density at radius 2 is 1.66 bits per heavy atom. The summed E-state index contributed by atoms with van der Waals surface area (Å²) in [6.07, 6.45) is 4.18. The first kappa shape index (κ1) is 35.6. The topological polar surface area (TPSA) is 117 Å². The predicted octanol–water partition coefficient (Wildman–Crippen LogP) is 6.81. The van der Waals surface area contributed by atoms with Crippen molar-refractivity contribution in [3.8, 4) is 45.3 Å². The number of ether oxygens (including phenoxy) is 2. The molecule has 0 spiro atoms. The van der Waals surface area contributed by atoms with E-state index in [-0.39, 0.29) is 11.8 Å². The number of pyridine rings is 2. The Hall–Kier alpha value is -4.22. The number of benzene rings is 2. The van der Waals surface area contributed by atoms with E-state index in [1.165, 1.54) is 0 Å². The molecule has 0 aliphatic carbocycles. The van der Waals surface area contributed by atoms with Gasteiger partial charge in [0.15, 0.2) is 0 Å². The lowest BCUT2D eigenvalue weighted by atomic mass is 9.99. The van der Waals surface area contributed by atoms with Crippen LogP contribution in [0, 0.1) is 5.92 Å². The number of methoxy groups -OCH3 is 2. The maximum atomic E-state index is 11.7. The minimum Gasteiger partial charge on any atom is -0.496 e. The lowest BCUT2D eigenvalue weighted by molar-refractivity contribution is -0.141. The van der Waals surface area contributed by atoms with Gasteiger partial charge in [-0.2, -0.15) is 0 Å². The number of hydrogen-bond donors (Lipinski definition) is 2. The number of nitrogens with one attached hydrogen (secondary N) is 1. The molecule has 2 saturated heterocycles. The molecule has 262 valence electrons. The fourth-order valence-electron chi connectivity index (χ4n) is 6.82. The van der Waals surface area contributed by atoms with Gasteiger partial charge < -0.3 is 24.8 Å². The largest absolute Gasteiger partial charge is 0.496 e. The summed E-state index contributed by atoms with van der Waals surface area (Å²) < 4.78 is 11.4. The van der Waals surface area contributed by atoms with E-state index < -0.39 is 5.97 Å². The molecule has 1 atom stereocenters. The number of likely N-dealkylation sites (tertiary alicyclic amines) is 2. The summed E-state index contributed by atoms with van der Waals surface area (Å²) in [5.74, 6) is 0.217. The fourth-order valence-corrected chi connectivity index (χ4v) is 7.46. The van der Waals surface area contributed by atoms with E-state index in [1.54, 1.807) is 27.3 Å². The summed E-state index contributed by atoms with van der Waals surface area (Å²) in [5.41, 5.74) is 6.16. The van der Waals surface area contributed by atoms with Gasteiger partial charge in [-0.15, -0.1) is 0 Å². The molecule has 0 saturated carbocycles. The number of carbonyl (C=O) groups excluding carboxylic acids is 1. The molecule has 6 rings (SSSR count). The minimum atomic E-state index is -0.759. The Morgan fingerprint density at radius 1 is 0.920 bits per heavy atom. The van der Waals surface area contributed by atoms with Crippen molar-refractivity contribution in [2.45, 2.75) is 45.3 Å². The average Bonchev–Trinajstić information content (AvgIpc) is 3.60. The molecule has 1 amide bonds. The molecule has 2 fully saturated rings. The number of aliphatic carboxylic acids is 1. The van der Waals surface area contributed by atoms with Gasteiger partial charge in [0, 0.05) is 85.3 Å². The molecule has 4 aromatic rings. The van der Waals surface area contributed by atoms with Crippen LogP contribution in [0.1, 0.15) is 37.3 Å². The number of piperidine rings is 1. The fraction of sp³-hybridized carbons (Fsp3) is 0.368. The molecule has 4 heterocycles. The third-order valence-corrected chi connectivity index (χ3v) is 10.5. The number of carboxylic acids is 1. The van der Waals surface area contributed by atoms with Crippen molar-refractivity contribution in [2.24, 2.45) is 5.92 Å². The third-order valence-electron chi connectivity index (χ3n) is 9.68. The SMILES string of the molecule is COc1cc(-c2nccc(-c3cccc(-c4ccc(CN5CC[C@@H](C(=O)O)C5)c(OC)n4)c3Cl)c2Cl)ccc1CNC1CCN(C(C)=O)CC1. The van der Waals surface area contributed by atoms with Gasteiger partial charge in [0.25, 0.3) is 0 Å². The molecule has 2 aromatic carbocycles. The van der Waals surface area contributed by atoms with Crippen LogP contribution >= 0.6 is 23.2 Å². The van der Waals surface area contributed by atoms with Crippen molar-refractivity contribution in [3.63, 3.8) is 0 Å². The molecule has 2 aliphatic rings. The number of carboxylic acid groups (broad SMARTS) is 1. The summed E-state index contributed by atoms with van der Waals surface area (Å²) in [7, 11) is 3.23. The van der Waals surface area contributed by atoms with Gasteiger partial charge in [-0.25, -0.2) is 4.98 Å². The van der Waals surface area contributed by atoms with Crippen LogP contribution in [0.2, 0.25) is 10.0 Å². The van der Waals surface area contributed by atoms with Crippen LogP contribution in [0.15, 0.2) is 60.8 Å². The van der Waals surface area contributed by atoms with Crippen LogP contribution in [0.5, 0.6) is 11.6 Å². The van der Waals surface area contributed by atoms with Gasteiger partial charge in [-0.1, -0.05) is 59.6 Å². The zero-order valence-electron chi connectivity index (χ0n) is 28.4. The molecular formula is C38H41Cl2N5O5. The van der Waals surface area contributed by atoms with E-state index >= 15 is 0 Å².